The predicted molar refractivity (Wildman–Crippen MR) is 149 cm³/mol. The summed E-state index contributed by atoms with van der Waals surface area (Å²) >= 11 is 6.02. The second-order valence-corrected chi connectivity index (χ2v) is 11.3. The second kappa shape index (κ2) is 12.8. The van der Waals surface area contributed by atoms with Gasteiger partial charge in [-0.05, 0) is 74.9 Å². The van der Waals surface area contributed by atoms with Gasteiger partial charge >= 0.3 is 0 Å². The van der Waals surface area contributed by atoms with Gasteiger partial charge in [-0.25, -0.2) is 8.42 Å². The second-order valence-electron chi connectivity index (χ2n) is 9.01. The van der Waals surface area contributed by atoms with Crippen LogP contribution >= 0.6 is 11.6 Å². The van der Waals surface area contributed by atoms with E-state index in [9.17, 15) is 18.0 Å². The molecule has 0 spiro atoms. The van der Waals surface area contributed by atoms with Crippen molar-refractivity contribution in [3.63, 3.8) is 0 Å². The number of nitrogens with zero attached hydrogens (tertiary/aromatic N) is 2. The van der Waals surface area contributed by atoms with Gasteiger partial charge in [0, 0.05) is 17.6 Å². The van der Waals surface area contributed by atoms with Crippen molar-refractivity contribution in [1.29, 1.82) is 0 Å². The van der Waals surface area contributed by atoms with Gasteiger partial charge in [0.1, 0.15) is 18.3 Å². The summed E-state index contributed by atoms with van der Waals surface area (Å²) in [6.45, 7) is 4.84. The number of hydrogen-bond acceptors (Lipinski definition) is 5. The minimum Gasteiger partial charge on any atom is -0.497 e. The average molecular weight is 558 g/mol. The Labute approximate surface area is 229 Å². The molecule has 3 rings (SSSR count). The van der Waals surface area contributed by atoms with Gasteiger partial charge in [-0.2, -0.15) is 0 Å². The van der Waals surface area contributed by atoms with E-state index in [4.69, 9.17) is 16.3 Å². The lowest BCUT2D eigenvalue weighted by atomic mass is 10.1. The number of carbonyl (C=O) groups is 2. The molecular weight excluding hydrogens is 526 g/mol. The van der Waals surface area contributed by atoms with Crippen LogP contribution in [-0.2, 0) is 26.2 Å². The number of sulfonamides is 1. The molecule has 0 saturated heterocycles. The van der Waals surface area contributed by atoms with Gasteiger partial charge in [-0.3, -0.25) is 13.9 Å². The van der Waals surface area contributed by atoms with Crippen LogP contribution in [0.15, 0.2) is 83.8 Å². The van der Waals surface area contributed by atoms with E-state index >= 15 is 0 Å². The minimum absolute atomic E-state index is 0.0402. The number of nitrogens with one attached hydrogen (secondary N) is 1. The smallest absolute Gasteiger partial charge is 0.264 e. The van der Waals surface area contributed by atoms with Gasteiger partial charge in [-0.1, -0.05) is 41.9 Å². The molecule has 0 radical (unpaired) electrons. The lowest BCUT2D eigenvalue weighted by Gasteiger charge is -2.32. The van der Waals surface area contributed by atoms with Crippen LogP contribution in [0.2, 0.25) is 5.02 Å². The zero-order valence-corrected chi connectivity index (χ0v) is 23.4. The number of benzene rings is 3. The molecule has 38 heavy (non-hydrogen) atoms. The van der Waals surface area contributed by atoms with E-state index in [0.29, 0.717) is 10.8 Å². The number of carbonyl (C=O) groups excluding carboxylic acids is 2. The number of halogens is 1. The molecule has 0 fully saturated rings. The third kappa shape index (κ3) is 7.26. The molecule has 0 aromatic heterocycles. The number of anilines is 1. The third-order valence-corrected chi connectivity index (χ3v) is 7.87. The molecule has 0 aliphatic carbocycles. The summed E-state index contributed by atoms with van der Waals surface area (Å²) < 4.78 is 33.7. The normalized spacial score (nSPS) is 12.1. The molecular formula is C28H32ClN3O5S. The van der Waals surface area contributed by atoms with Crippen LogP contribution in [0.1, 0.15) is 26.3 Å². The van der Waals surface area contributed by atoms with E-state index in [-0.39, 0.29) is 29.1 Å². The molecule has 0 aliphatic rings. The van der Waals surface area contributed by atoms with E-state index < -0.39 is 28.5 Å². The van der Waals surface area contributed by atoms with E-state index in [1.165, 1.54) is 24.1 Å². The van der Waals surface area contributed by atoms with Crippen LogP contribution < -0.4 is 14.4 Å². The largest absolute Gasteiger partial charge is 0.497 e. The average Bonchev–Trinajstić information content (AvgIpc) is 2.91. The Morgan fingerprint density at radius 2 is 1.53 bits per heavy atom. The zero-order chi connectivity index (χ0) is 27.9. The Balaban J connectivity index is 2.01. The highest BCUT2D eigenvalue weighted by Gasteiger charge is 2.32. The molecule has 1 unspecified atom stereocenters. The summed E-state index contributed by atoms with van der Waals surface area (Å²) in [5, 5.41) is 3.37. The molecule has 3 aromatic rings. The van der Waals surface area contributed by atoms with Gasteiger partial charge in [-0.15, -0.1) is 0 Å². The van der Waals surface area contributed by atoms with Crippen LogP contribution in [0.25, 0.3) is 0 Å². The Morgan fingerprint density at radius 3 is 2.08 bits per heavy atom. The number of hydrogen-bond donors (Lipinski definition) is 1. The van der Waals surface area contributed by atoms with Gasteiger partial charge in [0.25, 0.3) is 10.0 Å². The van der Waals surface area contributed by atoms with Crippen molar-refractivity contribution >= 4 is 39.1 Å². The summed E-state index contributed by atoms with van der Waals surface area (Å²) in [6, 6.07) is 20.2. The first-order valence-corrected chi connectivity index (χ1v) is 13.9. The number of ether oxygens (including phenoxy) is 1. The summed E-state index contributed by atoms with van der Waals surface area (Å²) in [5.74, 6) is -0.341. The maximum absolute atomic E-state index is 13.8. The van der Waals surface area contributed by atoms with Crippen LogP contribution in [0, 0.1) is 0 Å². The van der Waals surface area contributed by atoms with Crippen LogP contribution in [0.5, 0.6) is 5.75 Å². The molecule has 8 nitrogen and oxygen atoms in total. The van der Waals surface area contributed by atoms with Crippen molar-refractivity contribution < 1.29 is 22.7 Å². The van der Waals surface area contributed by atoms with Crippen molar-refractivity contribution in [1.82, 2.24) is 10.2 Å². The molecule has 202 valence electrons. The fourth-order valence-electron chi connectivity index (χ4n) is 3.77. The molecule has 10 heteroatoms. The first-order valence-electron chi connectivity index (χ1n) is 12.1. The SMILES string of the molecule is COc1ccc(N(CC(=O)N(Cc2ccc(Cl)cc2)C(C)C(=O)NC(C)C)S(=O)(=O)c2ccccc2)cc1. The van der Waals surface area contributed by atoms with Gasteiger partial charge in [0.05, 0.1) is 17.7 Å². The Bertz CT molecular complexity index is 1330. The molecule has 1 N–H and O–H groups in total. The van der Waals surface area contributed by atoms with E-state index in [0.717, 1.165) is 9.87 Å². The first kappa shape index (κ1) is 29.0. The lowest BCUT2D eigenvalue weighted by Crippen LogP contribution is -2.52. The maximum atomic E-state index is 13.8. The van der Waals surface area contributed by atoms with E-state index in [2.05, 4.69) is 5.32 Å². The van der Waals surface area contributed by atoms with Crippen molar-refractivity contribution in [2.24, 2.45) is 0 Å². The van der Waals surface area contributed by atoms with Crippen LogP contribution in [0.4, 0.5) is 5.69 Å². The number of rotatable bonds is 11. The lowest BCUT2D eigenvalue weighted by molar-refractivity contribution is -0.139. The highest BCUT2D eigenvalue weighted by molar-refractivity contribution is 7.92. The van der Waals surface area contributed by atoms with Crippen LogP contribution in [-0.4, -0.2) is 50.9 Å². The highest BCUT2D eigenvalue weighted by Crippen LogP contribution is 2.26. The van der Waals surface area contributed by atoms with Crippen LogP contribution in [0.3, 0.4) is 0 Å². The summed E-state index contributed by atoms with van der Waals surface area (Å²) in [4.78, 5) is 28.1. The Morgan fingerprint density at radius 1 is 0.921 bits per heavy atom. The standard InChI is InChI=1S/C28H32ClN3O5S/c1-20(2)30-28(34)21(3)31(18-22-10-12-23(29)13-11-22)27(33)19-32(24-14-16-25(37-4)17-15-24)38(35,36)26-8-6-5-7-9-26/h5-17,20-21H,18-19H2,1-4H3,(H,30,34). The molecule has 0 bridgehead atoms. The van der Waals surface area contributed by atoms with Crippen molar-refractivity contribution in [3.05, 3.63) is 89.4 Å². The summed E-state index contributed by atoms with van der Waals surface area (Å²) in [5.41, 5.74) is 1.03. The predicted octanol–water partition coefficient (Wildman–Crippen LogP) is 4.49. The third-order valence-electron chi connectivity index (χ3n) is 5.83. The van der Waals surface area contributed by atoms with Gasteiger partial charge < -0.3 is 15.0 Å². The summed E-state index contributed by atoms with van der Waals surface area (Å²) in [7, 11) is -2.61. The number of amides is 2. The zero-order valence-electron chi connectivity index (χ0n) is 21.8. The molecule has 0 heterocycles. The van der Waals surface area contributed by atoms with Gasteiger partial charge in [0.15, 0.2) is 0 Å². The molecule has 0 saturated carbocycles. The summed E-state index contributed by atoms with van der Waals surface area (Å²) in [6.07, 6.45) is 0. The molecule has 1 atom stereocenters. The topological polar surface area (TPSA) is 96.0 Å². The minimum atomic E-state index is -4.12. The monoisotopic (exact) mass is 557 g/mol. The van der Waals surface area contributed by atoms with Crippen molar-refractivity contribution in [2.75, 3.05) is 18.0 Å². The maximum Gasteiger partial charge on any atom is 0.264 e. The molecule has 3 aromatic carbocycles. The quantitative estimate of drug-likeness (QED) is 0.375. The first-order chi connectivity index (χ1) is 18.0. The van der Waals surface area contributed by atoms with E-state index in [1.807, 2.05) is 13.8 Å². The fraction of sp³-hybridized carbons (Fsp3) is 0.286. The Hall–Kier alpha value is -3.56. The highest BCUT2D eigenvalue weighted by atomic mass is 35.5. The fourth-order valence-corrected chi connectivity index (χ4v) is 5.33. The van der Waals surface area contributed by atoms with Crippen molar-refractivity contribution in [2.45, 2.75) is 44.3 Å². The van der Waals surface area contributed by atoms with Gasteiger partial charge in [0.2, 0.25) is 11.8 Å². The molecule has 2 amide bonds. The number of methoxy groups -OCH3 is 1. The van der Waals surface area contributed by atoms with Crippen molar-refractivity contribution in [3.8, 4) is 5.75 Å². The van der Waals surface area contributed by atoms with E-state index in [1.54, 1.807) is 73.7 Å². The Kier molecular flexibility index (Phi) is 9.77. The molecule has 0 aliphatic heterocycles.